The van der Waals surface area contributed by atoms with E-state index in [-0.39, 0.29) is 0 Å². The smallest absolute Gasteiger partial charge is 0.310 e. The number of hydrogen-bond donors (Lipinski definition) is 2. The topological polar surface area (TPSA) is 58.6 Å². The van der Waals surface area contributed by atoms with Crippen molar-refractivity contribution < 1.29 is 14.6 Å². The van der Waals surface area contributed by atoms with E-state index in [2.05, 4.69) is 5.32 Å². The van der Waals surface area contributed by atoms with Gasteiger partial charge >= 0.3 is 5.97 Å². The average Bonchev–Trinajstić information content (AvgIpc) is 2.27. The van der Waals surface area contributed by atoms with Gasteiger partial charge in [-0.2, -0.15) is 0 Å². The number of carboxylic acid groups (broad SMARTS) is 1. The van der Waals surface area contributed by atoms with Gasteiger partial charge in [-0.25, -0.2) is 0 Å². The van der Waals surface area contributed by atoms with E-state index in [4.69, 9.17) is 4.74 Å². The molecule has 0 aliphatic carbocycles. The van der Waals surface area contributed by atoms with Gasteiger partial charge in [0.1, 0.15) is 0 Å². The molecule has 0 saturated carbocycles. The molecule has 0 amide bonds. The molecule has 0 bridgehead atoms. The van der Waals surface area contributed by atoms with Crippen molar-refractivity contribution in [2.45, 2.75) is 46.1 Å². The second kappa shape index (κ2) is 5.36. The molecule has 1 saturated heterocycles. The van der Waals surface area contributed by atoms with E-state index in [1.54, 1.807) is 13.8 Å². The fourth-order valence-electron chi connectivity index (χ4n) is 1.84. The van der Waals surface area contributed by atoms with Crippen molar-refractivity contribution in [1.29, 1.82) is 0 Å². The Morgan fingerprint density at radius 1 is 1.29 bits per heavy atom. The lowest BCUT2D eigenvalue weighted by atomic mass is 9.74. The minimum absolute atomic E-state index is 0.420. The Kier molecular flexibility index (Phi) is 4.55. The highest BCUT2D eigenvalue weighted by molar-refractivity contribution is 5.75. The maximum atomic E-state index is 11.3. The fraction of sp³-hybridized carbons (Fsp3) is 0.923. The van der Waals surface area contributed by atoms with Gasteiger partial charge in [-0.1, -0.05) is 0 Å². The van der Waals surface area contributed by atoms with Crippen LogP contribution in [0.3, 0.4) is 0 Å². The Balaban J connectivity index is 2.51. The van der Waals surface area contributed by atoms with E-state index in [0.717, 1.165) is 32.6 Å². The molecule has 0 spiro atoms. The van der Waals surface area contributed by atoms with Gasteiger partial charge in [-0.3, -0.25) is 4.79 Å². The van der Waals surface area contributed by atoms with Crippen LogP contribution in [0.4, 0.5) is 0 Å². The number of carbonyl (C=O) groups is 1. The van der Waals surface area contributed by atoms with E-state index in [9.17, 15) is 9.90 Å². The molecule has 0 aromatic rings. The van der Waals surface area contributed by atoms with Crippen LogP contribution in [-0.2, 0) is 9.53 Å². The lowest BCUT2D eigenvalue weighted by Crippen LogP contribution is -2.56. The largest absolute Gasteiger partial charge is 0.481 e. The third-order valence-corrected chi connectivity index (χ3v) is 4.27. The van der Waals surface area contributed by atoms with Crippen molar-refractivity contribution in [3.8, 4) is 0 Å². The predicted octanol–water partition coefficient (Wildman–Crippen LogP) is 1.89. The zero-order chi connectivity index (χ0) is 13.1. The van der Waals surface area contributed by atoms with Crippen molar-refractivity contribution in [2.24, 2.45) is 11.3 Å². The SMILES string of the molecule is CC(C)(NCC1CCOCC1)C(C)(C)C(=O)O. The molecule has 0 atom stereocenters. The van der Waals surface area contributed by atoms with Crippen molar-refractivity contribution in [1.82, 2.24) is 5.32 Å². The number of hydrogen-bond acceptors (Lipinski definition) is 3. The van der Waals surface area contributed by atoms with Crippen molar-refractivity contribution in [3.05, 3.63) is 0 Å². The number of aliphatic carboxylic acids is 1. The van der Waals surface area contributed by atoms with Gasteiger partial charge in [-0.05, 0) is 53.0 Å². The Labute approximate surface area is 104 Å². The molecule has 0 aromatic heterocycles. The Morgan fingerprint density at radius 2 is 1.82 bits per heavy atom. The molecule has 4 nitrogen and oxygen atoms in total. The minimum Gasteiger partial charge on any atom is -0.481 e. The predicted molar refractivity (Wildman–Crippen MR) is 67.0 cm³/mol. The fourth-order valence-corrected chi connectivity index (χ4v) is 1.84. The minimum atomic E-state index is -0.780. The number of nitrogens with one attached hydrogen (secondary N) is 1. The maximum absolute atomic E-state index is 11.3. The lowest BCUT2D eigenvalue weighted by molar-refractivity contribution is -0.151. The van der Waals surface area contributed by atoms with Crippen LogP contribution in [0.15, 0.2) is 0 Å². The van der Waals surface area contributed by atoms with E-state index in [0.29, 0.717) is 5.92 Å². The highest BCUT2D eigenvalue weighted by Crippen LogP contribution is 2.31. The van der Waals surface area contributed by atoms with Gasteiger partial charge in [-0.15, -0.1) is 0 Å². The summed E-state index contributed by atoms with van der Waals surface area (Å²) < 4.78 is 5.32. The lowest BCUT2D eigenvalue weighted by Gasteiger charge is -2.40. The number of rotatable bonds is 5. The molecule has 1 rings (SSSR count). The molecule has 1 heterocycles. The van der Waals surface area contributed by atoms with Crippen LogP contribution in [0.25, 0.3) is 0 Å². The zero-order valence-electron chi connectivity index (χ0n) is 11.4. The number of carboxylic acids is 1. The number of ether oxygens (including phenoxy) is 1. The summed E-state index contributed by atoms with van der Waals surface area (Å²) in [5, 5.41) is 12.7. The molecule has 2 N–H and O–H groups in total. The van der Waals surface area contributed by atoms with Gasteiger partial charge in [0.15, 0.2) is 0 Å². The first-order valence-corrected chi connectivity index (χ1v) is 6.33. The Morgan fingerprint density at radius 3 is 2.29 bits per heavy atom. The summed E-state index contributed by atoms with van der Waals surface area (Å²) in [6, 6.07) is 0. The van der Waals surface area contributed by atoms with E-state index in [1.807, 2.05) is 13.8 Å². The second-order valence-corrected chi connectivity index (χ2v) is 5.99. The van der Waals surface area contributed by atoms with Crippen molar-refractivity contribution >= 4 is 5.97 Å². The van der Waals surface area contributed by atoms with Crippen LogP contribution in [0.2, 0.25) is 0 Å². The standard InChI is InChI=1S/C13H25NO3/c1-12(2,11(15)16)13(3,4)14-9-10-5-7-17-8-6-10/h10,14H,5-9H2,1-4H3,(H,15,16). The summed E-state index contributed by atoms with van der Waals surface area (Å²) in [4.78, 5) is 11.3. The van der Waals surface area contributed by atoms with Crippen LogP contribution >= 0.6 is 0 Å². The van der Waals surface area contributed by atoms with E-state index >= 15 is 0 Å². The zero-order valence-corrected chi connectivity index (χ0v) is 11.4. The first-order valence-electron chi connectivity index (χ1n) is 6.33. The molecule has 0 aromatic carbocycles. The third kappa shape index (κ3) is 3.42. The van der Waals surface area contributed by atoms with Crippen molar-refractivity contribution in [3.63, 3.8) is 0 Å². The molecule has 4 heteroatoms. The first-order chi connectivity index (χ1) is 7.77. The van der Waals surface area contributed by atoms with Crippen molar-refractivity contribution in [2.75, 3.05) is 19.8 Å². The Hall–Kier alpha value is -0.610. The second-order valence-electron chi connectivity index (χ2n) is 5.99. The van der Waals surface area contributed by atoms with Crippen LogP contribution in [0.1, 0.15) is 40.5 Å². The summed E-state index contributed by atoms with van der Waals surface area (Å²) in [6.45, 7) is 9.98. The van der Waals surface area contributed by atoms with Crippen LogP contribution in [-0.4, -0.2) is 36.4 Å². The molecule has 1 fully saturated rings. The molecule has 17 heavy (non-hydrogen) atoms. The first kappa shape index (κ1) is 14.5. The van der Waals surface area contributed by atoms with Gasteiger partial charge in [0.05, 0.1) is 5.41 Å². The summed E-state index contributed by atoms with van der Waals surface area (Å²) in [7, 11) is 0. The molecule has 1 aliphatic heterocycles. The molecular formula is C13H25NO3. The molecule has 0 unspecified atom stereocenters. The summed E-state index contributed by atoms with van der Waals surface area (Å²) >= 11 is 0. The quantitative estimate of drug-likeness (QED) is 0.774. The summed E-state index contributed by atoms with van der Waals surface area (Å²) in [6.07, 6.45) is 2.13. The third-order valence-electron chi connectivity index (χ3n) is 4.27. The summed E-state index contributed by atoms with van der Waals surface area (Å²) in [5.41, 5.74) is -1.20. The van der Waals surface area contributed by atoms with Gasteiger partial charge in [0, 0.05) is 18.8 Å². The molecular weight excluding hydrogens is 218 g/mol. The molecule has 0 radical (unpaired) electrons. The normalized spacial score (nSPS) is 19.3. The van der Waals surface area contributed by atoms with Crippen LogP contribution in [0, 0.1) is 11.3 Å². The van der Waals surface area contributed by atoms with Crippen LogP contribution in [0.5, 0.6) is 0 Å². The average molecular weight is 243 g/mol. The van der Waals surface area contributed by atoms with Gasteiger partial charge in [0.2, 0.25) is 0 Å². The maximum Gasteiger partial charge on any atom is 0.310 e. The highest BCUT2D eigenvalue weighted by atomic mass is 16.5. The molecule has 1 aliphatic rings. The molecule has 100 valence electrons. The highest BCUT2D eigenvalue weighted by Gasteiger charge is 2.43. The van der Waals surface area contributed by atoms with Gasteiger partial charge in [0.25, 0.3) is 0 Å². The Bertz CT molecular complexity index is 268. The van der Waals surface area contributed by atoms with Gasteiger partial charge < -0.3 is 15.2 Å². The van der Waals surface area contributed by atoms with Crippen LogP contribution < -0.4 is 5.32 Å². The van der Waals surface area contributed by atoms with E-state index in [1.165, 1.54) is 0 Å². The van der Waals surface area contributed by atoms with E-state index < -0.39 is 16.9 Å². The monoisotopic (exact) mass is 243 g/mol. The summed E-state index contributed by atoms with van der Waals surface area (Å²) in [5.74, 6) is -0.158.